The van der Waals surface area contributed by atoms with Gasteiger partial charge in [0.2, 0.25) is 0 Å². The van der Waals surface area contributed by atoms with Crippen LogP contribution in [0.3, 0.4) is 0 Å². The van der Waals surface area contributed by atoms with Gasteiger partial charge < -0.3 is 14.2 Å². The third-order valence-electron chi connectivity index (χ3n) is 11.1. The van der Waals surface area contributed by atoms with Crippen LogP contribution in [0.2, 0.25) is 0 Å². The summed E-state index contributed by atoms with van der Waals surface area (Å²) in [5.41, 5.74) is 0. The molecule has 6 nitrogen and oxygen atoms in total. The lowest BCUT2D eigenvalue weighted by Crippen LogP contribution is -2.30. The number of carbonyl (C=O) groups is 3. The van der Waals surface area contributed by atoms with Gasteiger partial charge in [0, 0.05) is 19.3 Å². The zero-order chi connectivity index (χ0) is 50.0. The molecule has 0 aliphatic carbocycles. The van der Waals surface area contributed by atoms with Gasteiger partial charge in [0.05, 0.1) is 0 Å². The zero-order valence-corrected chi connectivity index (χ0v) is 44.3. The lowest BCUT2D eigenvalue weighted by Gasteiger charge is -2.18. The average Bonchev–Trinajstić information content (AvgIpc) is 3.35. The Hall–Kier alpha value is -4.45. The molecule has 0 aromatic rings. The quantitative estimate of drug-likeness (QED) is 0.0262. The van der Waals surface area contributed by atoms with E-state index in [1.54, 1.807) is 0 Å². The fraction of sp³-hybridized carbons (Fsp3) is 0.603. The van der Waals surface area contributed by atoms with Gasteiger partial charge in [-0.05, 0) is 128 Å². The summed E-state index contributed by atoms with van der Waals surface area (Å²) in [5, 5.41) is 0. The number of esters is 3. The van der Waals surface area contributed by atoms with E-state index in [0.29, 0.717) is 19.3 Å². The highest BCUT2D eigenvalue weighted by Crippen LogP contribution is 2.13. The molecule has 1 unspecified atom stereocenters. The maximum Gasteiger partial charge on any atom is 0.306 e. The summed E-state index contributed by atoms with van der Waals surface area (Å²) in [6.07, 6.45) is 78.6. The topological polar surface area (TPSA) is 78.9 Å². The molecule has 0 bridgehead atoms. The van der Waals surface area contributed by atoms with Crippen LogP contribution in [-0.4, -0.2) is 37.2 Å². The number of carbonyl (C=O) groups excluding carboxylic acids is 3. The first-order valence-electron chi connectivity index (χ1n) is 27.7. The third kappa shape index (κ3) is 54.4. The van der Waals surface area contributed by atoms with E-state index in [9.17, 15) is 14.4 Å². The minimum atomic E-state index is -0.809. The summed E-state index contributed by atoms with van der Waals surface area (Å²) < 4.78 is 16.8. The van der Waals surface area contributed by atoms with Crippen LogP contribution in [0.5, 0.6) is 0 Å². The molecule has 0 fully saturated rings. The SMILES string of the molecule is CC/C=C\C/C=C\C/C=C\C/C=C\CCCCCCCCC(=O)OCC(COC(=O)CCCCC/C=C\C/C=C\C/C=C\CC)OC(=O)CCCCCCCC/C=C\C/C=C\C/C=C\C/C=C\CC. The van der Waals surface area contributed by atoms with Gasteiger partial charge in [-0.2, -0.15) is 0 Å². The lowest BCUT2D eigenvalue weighted by atomic mass is 10.1. The van der Waals surface area contributed by atoms with E-state index in [2.05, 4.69) is 154 Å². The molecule has 0 radical (unpaired) electrons. The van der Waals surface area contributed by atoms with Crippen LogP contribution in [0.15, 0.2) is 134 Å². The van der Waals surface area contributed by atoms with E-state index in [-0.39, 0.29) is 31.1 Å². The Kier molecular flexibility index (Phi) is 52.5. The Bertz CT molecular complexity index is 1510. The predicted octanol–water partition coefficient (Wildman–Crippen LogP) is 18.6. The molecule has 0 aromatic carbocycles. The third-order valence-corrected chi connectivity index (χ3v) is 11.1. The Morgan fingerprint density at radius 1 is 0.290 bits per heavy atom. The number of allylic oxidation sites excluding steroid dienone is 22. The van der Waals surface area contributed by atoms with Crippen molar-refractivity contribution in [2.24, 2.45) is 0 Å². The molecule has 0 heterocycles. The molecule has 0 spiro atoms. The van der Waals surface area contributed by atoms with Crippen molar-refractivity contribution < 1.29 is 28.6 Å². The number of hydrogen-bond donors (Lipinski definition) is 0. The van der Waals surface area contributed by atoms with Crippen LogP contribution in [0.4, 0.5) is 0 Å². The molecule has 69 heavy (non-hydrogen) atoms. The summed E-state index contributed by atoms with van der Waals surface area (Å²) in [6, 6.07) is 0. The van der Waals surface area contributed by atoms with E-state index >= 15 is 0 Å². The van der Waals surface area contributed by atoms with E-state index in [1.807, 2.05) is 0 Å². The average molecular weight is 953 g/mol. The Morgan fingerprint density at radius 2 is 0.522 bits per heavy atom. The number of rotatable bonds is 48. The summed E-state index contributed by atoms with van der Waals surface area (Å²) >= 11 is 0. The highest BCUT2D eigenvalue weighted by Gasteiger charge is 2.19. The van der Waals surface area contributed by atoms with Crippen LogP contribution in [0.25, 0.3) is 0 Å². The first-order valence-corrected chi connectivity index (χ1v) is 27.7. The largest absolute Gasteiger partial charge is 0.462 e. The monoisotopic (exact) mass is 953 g/mol. The molecule has 1 atom stereocenters. The van der Waals surface area contributed by atoms with Gasteiger partial charge >= 0.3 is 17.9 Å². The van der Waals surface area contributed by atoms with Gasteiger partial charge in [-0.1, -0.05) is 212 Å². The highest BCUT2D eigenvalue weighted by atomic mass is 16.6. The number of ether oxygens (including phenoxy) is 3. The van der Waals surface area contributed by atoms with E-state index in [4.69, 9.17) is 14.2 Å². The molecular weight excluding hydrogens is 853 g/mol. The van der Waals surface area contributed by atoms with Crippen molar-refractivity contribution in [3.8, 4) is 0 Å². The molecule has 0 aliphatic rings. The Morgan fingerprint density at radius 3 is 0.826 bits per heavy atom. The minimum Gasteiger partial charge on any atom is -0.462 e. The summed E-state index contributed by atoms with van der Waals surface area (Å²) in [5.74, 6) is -0.969. The Labute approximate surface area is 424 Å². The van der Waals surface area contributed by atoms with Crippen molar-refractivity contribution in [3.05, 3.63) is 134 Å². The fourth-order valence-electron chi connectivity index (χ4n) is 7.08. The van der Waals surface area contributed by atoms with E-state index in [0.717, 1.165) is 161 Å². The molecule has 0 aromatic heterocycles. The van der Waals surface area contributed by atoms with E-state index < -0.39 is 6.10 Å². The molecule has 388 valence electrons. The first-order chi connectivity index (χ1) is 34.0. The normalized spacial score (nSPS) is 13.1. The summed E-state index contributed by atoms with van der Waals surface area (Å²) in [4.78, 5) is 38.1. The molecule has 6 heteroatoms. The summed E-state index contributed by atoms with van der Waals surface area (Å²) in [6.45, 7) is 6.24. The molecule has 0 N–H and O–H groups in total. The minimum absolute atomic E-state index is 0.106. The maximum absolute atomic E-state index is 12.9. The summed E-state index contributed by atoms with van der Waals surface area (Å²) in [7, 11) is 0. The standard InChI is InChI=1S/C63H100O6/c1-4-7-10-13-16-19-22-25-27-29-31-33-35-38-41-44-47-50-53-56-62(65)68-59-60(58-67-61(64)55-52-49-46-43-40-37-24-21-18-15-12-9-6-3)69-63(66)57-54-51-48-45-42-39-36-34-32-30-28-26-23-20-17-14-11-8-5-2/h7-12,16-21,25-28,31-34,37,40,60H,4-6,13-15,22-24,29-30,35-36,38-39,41-59H2,1-3H3/b10-7-,11-8-,12-9-,19-16-,20-17-,21-18-,27-25-,28-26-,33-31-,34-32-,40-37-. The molecule has 0 saturated heterocycles. The molecule has 0 aliphatic heterocycles. The lowest BCUT2D eigenvalue weighted by molar-refractivity contribution is -0.167. The highest BCUT2D eigenvalue weighted by molar-refractivity contribution is 5.71. The maximum atomic E-state index is 12.9. The zero-order valence-electron chi connectivity index (χ0n) is 44.3. The Balaban J connectivity index is 4.48. The van der Waals surface area contributed by atoms with Crippen molar-refractivity contribution in [2.45, 2.75) is 232 Å². The van der Waals surface area contributed by atoms with Gasteiger partial charge in [0.1, 0.15) is 13.2 Å². The van der Waals surface area contributed by atoms with Gasteiger partial charge in [0.15, 0.2) is 6.10 Å². The van der Waals surface area contributed by atoms with Crippen LogP contribution < -0.4 is 0 Å². The van der Waals surface area contributed by atoms with E-state index in [1.165, 1.54) is 25.7 Å². The molecule has 0 rings (SSSR count). The second kappa shape index (κ2) is 56.1. The number of hydrogen-bond acceptors (Lipinski definition) is 6. The molecule has 0 saturated carbocycles. The van der Waals surface area contributed by atoms with Crippen molar-refractivity contribution in [2.75, 3.05) is 13.2 Å². The van der Waals surface area contributed by atoms with Crippen molar-refractivity contribution >= 4 is 17.9 Å². The predicted molar refractivity (Wildman–Crippen MR) is 297 cm³/mol. The smallest absolute Gasteiger partial charge is 0.306 e. The fourth-order valence-corrected chi connectivity index (χ4v) is 7.08. The van der Waals surface area contributed by atoms with Crippen molar-refractivity contribution in [3.63, 3.8) is 0 Å². The van der Waals surface area contributed by atoms with Crippen LogP contribution in [0, 0.1) is 0 Å². The molecule has 0 amide bonds. The first kappa shape index (κ1) is 64.5. The number of unbranched alkanes of at least 4 members (excludes halogenated alkanes) is 15. The van der Waals surface area contributed by atoms with Crippen molar-refractivity contribution in [1.82, 2.24) is 0 Å². The van der Waals surface area contributed by atoms with Gasteiger partial charge in [-0.15, -0.1) is 0 Å². The van der Waals surface area contributed by atoms with Crippen LogP contribution in [-0.2, 0) is 28.6 Å². The van der Waals surface area contributed by atoms with Gasteiger partial charge in [0.25, 0.3) is 0 Å². The van der Waals surface area contributed by atoms with Gasteiger partial charge in [-0.25, -0.2) is 0 Å². The van der Waals surface area contributed by atoms with Crippen molar-refractivity contribution in [1.29, 1.82) is 0 Å². The van der Waals surface area contributed by atoms with Crippen LogP contribution >= 0.6 is 0 Å². The second-order valence-electron chi connectivity index (χ2n) is 17.7. The second-order valence-corrected chi connectivity index (χ2v) is 17.7. The van der Waals surface area contributed by atoms with Crippen LogP contribution in [0.1, 0.15) is 226 Å². The van der Waals surface area contributed by atoms with Gasteiger partial charge in [-0.3, -0.25) is 14.4 Å². The molecular formula is C63H100O6.